The molecule has 1 fully saturated rings. The van der Waals surface area contributed by atoms with E-state index >= 15 is 0 Å². The van der Waals surface area contributed by atoms with Crippen molar-refractivity contribution in [3.63, 3.8) is 0 Å². The summed E-state index contributed by atoms with van der Waals surface area (Å²) in [6.07, 6.45) is 0.728. The summed E-state index contributed by atoms with van der Waals surface area (Å²) < 4.78 is 0. The molecule has 1 atom stereocenters. The first-order valence-corrected chi connectivity index (χ1v) is 3.27. The molecule has 1 heterocycles. The standard InChI is InChI=1S/C7H12N2O/c1-5-3-6(7(8)10)9(2)4-5/h6H,1,3-4H2,2H3,(H2,8,10)/t6-/m0/s1. The molecule has 1 saturated heterocycles. The number of amides is 1. The van der Waals surface area contributed by atoms with Crippen molar-refractivity contribution in [2.45, 2.75) is 12.5 Å². The second-order valence-electron chi connectivity index (χ2n) is 2.79. The topological polar surface area (TPSA) is 46.3 Å². The van der Waals surface area contributed by atoms with E-state index in [-0.39, 0.29) is 11.9 Å². The van der Waals surface area contributed by atoms with Crippen molar-refractivity contribution >= 4 is 5.91 Å². The third-order valence-electron chi connectivity index (χ3n) is 1.82. The quantitative estimate of drug-likeness (QED) is 0.510. The van der Waals surface area contributed by atoms with E-state index < -0.39 is 0 Å². The molecule has 3 heteroatoms. The number of likely N-dealkylation sites (N-methyl/N-ethyl adjacent to an activating group) is 1. The molecule has 0 unspecified atom stereocenters. The van der Waals surface area contributed by atoms with Gasteiger partial charge in [0, 0.05) is 6.54 Å². The van der Waals surface area contributed by atoms with Gasteiger partial charge in [-0.3, -0.25) is 9.69 Å². The maximum Gasteiger partial charge on any atom is 0.235 e. The van der Waals surface area contributed by atoms with Gasteiger partial charge in [-0.05, 0) is 13.5 Å². The normalized spacial score (nSPS) is 27.3. The molecule has 0 radical (unpaired) electrons. The molecule has 1 aliphatic rings. The maximum atomic E-state index is 10.7. The highest BCUT2D eigenvalue weighted by Crippen LogP contribution is 2.17. The van der Waals surface area contributed by atoms with Gasteiger partial charge in [-0.2, -0.15) is 0 Å². The van der Waals surface area contributed by atoms with E-state index in [1.165, 1.54) is 0 Å². The van der Waals surface area contributed by atoms with Gasteiger partial charge in [0.15, 0.2) is 0 Å². The Labute approximate surface area is 60.5 Å². The summed E-state index contributed by atoms with van der Waals surface area (Å²) in [6.45, 7) is 4.59. The number of primary amides is 1. The van der Waals surface area contributed by atoms with Crippen LogP contribution in [0.3, 0.4) is 0 Å². The van der Waals surface area contributed by atoms with Gasteiger partial charge in [-0.1, -0.05) is 12.2 Å². The lowest BCUT2D eigenvalue weighted by atomic mass is 10.2. The summed E-state index contributed by atoms with van der Waals surface area (Å²) in [7, 11) is 1.88. The molecule has 10 heavy (non-hydrogen) atoms. The van der Waals surface area contributed by atoms with Crippen molar-refractivity contribution in [2.75, 3.05) is 13.6 Å². The fourth-order valence-corrected chi connectivity index (χ4v) is 1.27. The van der Waals surface area contributed by atoms with Gasteiger partial charge < -0.3 is 5.73 Å². The lowest BCUT2D eigenvalue weighted by Crippen LogP contribution is -2.37. The molecule has 0 saturated carbocycles. The molecule has 0 bridgehead atoms. The van der Waals surface area contributed by atoms with Crippen molar-refractivity contribution in [1.29, 1.82) is 0 Å². The van der Waals surface area contributed by atoms with Crippen LogP contribution in [0.2, 0.25) is 0 Å². The van der Waals surface area contributed by atoms with Gasteiger partial charge in [0.1, 0.15) is 0 Å². The molecule has 0 spiro atoms. The van der Waals surface area contributed by atoms with Crippen LogP contribution in [0.25, 0.3) is 0 Å². The Kier molecular flexibility index (Phi) is 1.76. The number of carbonyl (C=O) groups is 1. The average Bonchev–Trinajstić information content (AvgIpc) is 2.10. The molecule has 3 nitrogen and oxygen atoms in total. The summed E-state index contributed by atoms with van der Waals surface area (Å²) >= 11 is 0. The largest absolute Gasteiger partial charge is 0.368 e. The highest BCUT2D eigenvalue weighted by atomic mass is 16.1. The van der Waals surface area contributed by atoms with E-state index in [0.29, 0.717) is 0 Å². The summed E-state index contributed by atoms with van der Waals surface area (Å²) in [5.41, 5.74) is 6.22. The number of hydrogen-bond donors (Lipinski definition) is 1. The highest BCUT2D eigenvalue weighted by molar-refractivity contribution is 5.80. The Morgan fingerprint density at radius 1 is 1.90 bits per heavy atom. The molecule has 1 aliphatic heterocycles. The first-order valence-electron chi connectivity index (χ1n) is 3.27. The van der Waals surface area contributed by atoms with Crippen LogP contribution < -0.4 is 5.73 Å². The van der Waals surface area contributed by atoms with Crippen LogP contribution in [0.4, 0.5) is 0 Å². The molecular weight excluding hydrogens is 128 g/mol. The lowest BCUT2D eigenvalue weighted by Gasteiger charge is -2.13. The number of likely N-dealkylation sites (tertiary alicyclic amines) is 1. The smallest absolute Gasteiger partial charge is 0.235 e. The Hall–Kier alpha value is -0.830. The van der Waals surface area contributed by atoms with E-state index in [9.17, 15) is 4.79 Å². The second kappa shape index (κ2) is 2.42. The summed E-state index contributed by atoms with van der Waals surface area (Å²) in [6, 6.07) is -0.118. The molecule has 56 valence electrons. The average molecular weight is 140 g/mol. The van der Waals surface area contributed by atoms with Crippen LogP contribution in [-0.2, 0) is 4.79 Å². The fraction of sp³-hybridized carbons (Fsp3) is 0.571. The van der Waals surface area contributed by atoms with E-state index in [2.05, 4.69) is 6.58 Å². The molecule has 1 amide bonds. The minimum Gasteiger partial charge on any atom is -0.368 e. The molecule has 2 N–H and O–H groups in total. The monoisotopic (exact) mass is 140 g/mol. The zero-order chi connectivity index (χ0) is 7.72. The van der Waals surface area contributed by atoms with Crippen molar-refractivity contribution in [3.05, 3.63) is 12.2 Å². The van der Waals surface area contributed by atoms with Crippen molar-refractivity contribution in [3.8, 4) is 0 Å². The van der Waals surface area contributed by atoms with E-state index in [0.717, 1.165) is 18.5 Å². The van der Waals surface area contributed by atoms with Crippen LogP contribution >= 0.6 is 0 Å². The van der Waals surface area contributed by atoms with Crippen LogP contribution in [0, 0.1) is 0 Å². The minimum atomic E-state index is -0.249. The molecule has 0 aromatic heterocycles. The summed E-state index contributed by atoms with van der Waals surface area (Å²) in [4.78, 5) is 12.6. The fourth-order valence-electron chi connectivity index (χ4n) is 1.27. The van der Waals surface area contributed by atoms with Gasteiger partial charge in [-0.25, -0.2) is 0 Å². The first-order chi connectivity index (χ1) is 4.61. The van der Waals surface area contributed by atoms with Crippen LogP contribution in [-0.4, -0.2) is 30.4 Å². The number of nitrogens with two attached hydrogens (primary N) is 1. The van der Waals surface area contributed by atoms with Crippen LogP contribution in [0.15, 0.2) is 12.2 Å². The van der Waals surface area contributed by atoms with E-state index in [4.69, 9.17) is 5.73 Å². The SMILES string of the molecule is C=C1C[C@@H](C(N)=O)N(C)C1. The summed E-state index contributed by atoms with van der Waals surface area (Å²) in [5, 5.41) is 0. The number of hydrogen-bond acceptors (Lipinski definition) is 2. The van der Waals surface area contributed by atoms with Crippen molar-refractivity contribution in [1.82, 2.24) is 4.90 Å². The third-order valence-corrected chi connectivity index (χ3v) is 1.82. The third kappa shape index (κ3) is 1.19. The molecular formula is C7H12N2O. The van der Waals surface area contributed by atoms with Crippen molar-refractivity contribution < 1.29 is 4.79 Å². The number of carbonyl (C=O) groups excluding carboxylic acids is 1. The molecule has 0 aromatic carbocycles. The minimum absolute atomic E-state index is 0.118. The zero-order valence-corrected chi connectivity index (χ0v) is 6.13. The van der Waals surface area contributed by atoms with Gasteiger partial charge in [0.25, 0.3) is 0 Å². The lowest BCUT2D eigenvalue weighted by molar-refractivity contribution is -0.121. The van der Waals surface area contributed by atoms with Gasteiger partial charge in [-0.15, -0.1) is 0 Å². The zero-order valence-electron chi connectivity index (χ0n) is 6.13. The molecule has 0 aromatic rings. The van der Waals surface area contributed by atoms with Crippen molar-refractivity contribution in [2.24, 2.45) is 5.73 Å². The second-order valence-corrected chi connectivity index (χ2v) is 2.79. The predicted molar refractivity (Wildman–Crippen MR) is 39.4 cm³/mol. The molecule has 0 aliphatic carbocycles. The highest BCUT2D eigenvalue weighted by Gasteiger charge is 2.27. The Balaban J connectivity index is 2.63. The van der Waals surface area contributed by atoms with E-state index in [1.807, 2.05) is 11.9 Å². The van der Waals surface area contributed by atoms with Crippen LogP contribution in [0.5, 0.6) is 0 Å². The first kappa shape index (κ1) is 7.28. The Bertz CT molecular complexity index is 176. The van der Waals surface area contributed by atoms with Gasteiger partial charge in [0.2, 0.25) is 5.91 Å². The van der Waals surface area contributed by atoms with Gasteiger partial charge >= 0.3 is 0 Å². The number of rotatable bonds is 1. The predicted octanol–water partition coefficient (Wildman–Crippen LogP) is -0.268. The van der Waals surface area contributed by atoms with E-state index in [1.54, 1.807) is 0 Å². The van der Waals surface area contributed by atoms with Crippen LogP contribution in [0.1, 0.15) is 6.42 Å². The number of nitrogens with zero attached hydrogens (tertiary/aromatic N) is 1. The Morgan fingerprint density at radius 2 is 2.50 bits per heavy atom. The summed E-state index contributed by atoms with van der Waals surface area (Å²) in [5.74, 6) is -0.249. The molecule has 1 rings (SSSR count). The maximum absolute atomic E-state index is 10.7. The Morgan fingerprint density at radius 3 is 2.70 bits per heavy atom. The van der Waals surface area contributed by atoms with Gasteiger partial charge in [0.05, 0.1) is 6.04 Å².